The van der Waals surface area contributed by atoms with Gasteiger partial charge in [0.1, 0.15) is 0 Å². The fraction of sp³-hybridized carbons (Fsp3) is 0.143. The Balaban J connectivity index is 0.000000140. The van der Waals surface area contributed by atoms with Crippen molar-refractivity contribution in [3.63, 3.8) is 0 Å². The second kappa shape index (κ2) is 8.16. The summed E-state index contributed by atoms with van der Waals surface area (Å²) in [6.45, 7) is 0. The molecule has 3 heteroatoms. The monoisotopic (exact) mass is 424 g/mol. The molecule has 0 radical (unpaired) electrons. The summed E-state index contributed by atoms with van der Waals surface area (Å²) in [6, 6.07) is 20.3. The van der Waals surface area contributed by atoms with Crippen molar-refractivity contribution in [3.8, 4) is 0 Å². The molecule has 3 aromatic rings. The Morgan fingerprint density at radius 3 is 2.48 bits per heavy atom. The van der Waals surface area contributed by atoms with Crippen LogP contribution < -0.4 is 10.4 Å². The van der Waals surface area contributed by atoms with Crippen LogP contribution in [0.15, 0.2) is 83.1 Å². The minimum atomic E-state index is -3.22. The van der Waals surface area contributed by atoms with Gasteiger partial charge in [0.15, 0.2) is 9.84 Å². The van der Waals surface area contributed by atoms with Gasteiger partial charge in [0.05, 0.1) is 4.90 Å². The number of allylic oxidation sites excluding steroid dienone is 2. The molecule has 0 unspecified atom stereocenters. The van der Waals surface area contributed by atoms with E-state index in [0.29, 0.717) is 4.90 Å². The maximum absolute atomic E-state index is 11.6. The van der Waals surface area contributed by atoms with Crippen LogP contribution in [0.3, 0.4) is 0 Å². The van der Waals surface area contributed by atoms with Crippen molar-refractivity contribution < 1.29 is 8.42 Å². The predicted molar refractivity (Wildman–Crippen MR) is 127 cm³/mol. The van der Waals surface area contributed by atoms with Crippen molar-refractivity contribution in [3.05, 3.63) is 116 Å². The summed E-state index contributed by atoms with van der Waals surface area (Å²) in [6.07, 6.45) is 14.7. The molecular weight excluding hydrogens is 400 g/mol. The van der Waals surface area contributed by atoms with Crippen LogP contribution in [0.1, 0.15) is 29.5 Å². The van der Waals surface area contributed by atoms with Gasteiger partial charge in [-0.2, -0.15) is 0 Å². The van der Waals surface area contributed by atoms with Crippen LogP contribution in [0.2, 0.25) is 0 Å². The zero-order valence-corrected chi connectivity index (χ0v) is 18.1. The lowest BCUT2D eigenvalue weighted by molar-refractivity contribution is 0.604. The van der Waals surface area contributed by atoms with Gasteiger partial charge in [0.25, 0.3) is 0 Å². The van der Waals surface area contributed by atoms with Crippen molar-refractivity contribution in [1.29, 1.82) is 0 Å². The van der Waals surface area contributed by atoms with E-state index in [-0.39, 0.29) is 0 Å². The summed E-state index contributed by atoms with van der Waals surface area (Å²) < 4.78 is 23.1. The van der Waals surface area contributed by atoms with Crippen LogP contribution in [0.25, 0.3) is 18.2 Å². The number of benzene rings is 3. The Bertz CT molecular complexity index is 1540. The van der Waals surface area contributed by atoms with E-state index in [9.17, 15) is 8.42 Å². The molecule has 3 aliphatic rings. The van der Waals surface area contributed by atoms with Gasteiger partial charge in [0, 0.05) is 5.41 Å². The third-order valence-electron chi connectivity index (χ3n) is 6.11. The van der Waals surface area contributed by atoms with Gasteiger partial charge in [0.2, 0.25) is 0 Å². The highest BCUT2D eigenvalue weighted by Gasteiger charge is 2.14. The Labute approximate surface area is 182 Å². The second-order valence-corrected chi connectivity index (χ2v) is 9.82. The Morgan fingerprint density at radius 2 is 1.55 bits per heavy atom. The molecule has 154 valence electrons. The maximum atomic E-state index is 11.6. The fourth-order valence-corrected chi connectivity index (χ4v) is 5.79. The van der Waals surface area contributed by atoms with Crippen molar-refractivity contribution in [1.82, 2.24) is 0 Å². The molecule has 1 aliphatic heterocycles. The average molecular weight is 425 g/mol. The highest BCUT2D eigenvalue weighted by molar-refractivity contribution is 7.94. The minimum Gasteiger partial charge on any atom is -0.219 e. The van der Waals surface area contributed by atoms with Crippen LogP contribution in [-0.2, 0) is 22.7 Å². The van der Waals surface area contributed by atoms with Crippen LogP contribution in [0.5, 0.6) is 0 Å². The first-order valence-corrected chi connectivity index (χ1v) is 12.3. The lowest BCUT2D eigenvalue weighted by Gasteiger charge is -2.16. The summed E-state index contributed by atoms with van der Waals surface area (Å²) in [7, 11) is -3.22. The van der Waals surface area contributed by atoms with E-state index in [0.717, 1.165) is 12.0 Å². The molecule has 2 nitrogen and oxygen atoms in total. The molecule has 0 atom stereocenters. The number of hydrogen-bond donors (Lipinski definition) is 0. The molecule has 0 saturated carbocycles. The maximum Gasteiger partial charge on any atom is 0.200 e. The average Bonchev–Trinajstić information content (AvgIpc) is 2.97. The van der Waals surface area contributed by atoms with E-state index in [1.54, 1.807) is 41.5 Å². The van der Waals surface area contributed by atoms with Gasteiger partial charge >= 0.3 is 0 Å². The van der Waals surface area contributed by atoms with Crippen LogP contribution in [0, 0.1) is 10.4 Å². The third kappa shape index (κ3) is 3.82. The molecule has 3 aromatic carbocycles. The van der Waals surface area contributed by atoms with Gasteiger partial charge in [-0.05, 0) is 69.3 Å². The van der Waals surface area contributed by atoms with Crippen molar-refractivity contribution >= 4 is 28.1 Å². The fourth-order valence-electron chi connectivity index (χ4n) is 4.61. The molecule has 0 aromatic heterocycles. The number of sulfone groups is 1. The molecule has 0 bridgehead atoms. The standard InChI is InChI=1S/C18H16.C10H8O2S/c1-3-7-15-13(5-1)9-11-18-16-8-4-2-6-14(16)10-12-17(15)18;11-13(12)8-4-3-6-9-5-1-2-7-10(9)13/h1,3,5-7,9-10,12H,2,4,8,11H2;1-8H. The molecule has 1 heterocycles. The lowest BCUT2D eigenvalue weighted by atomic mass is 9.89. The summed E-state index contributed by atoms with van der Waals surface area (Å²) in [5, 5.41) is 6.96. The van der Waals surface area contributed by atoms with E-state index in [1.807, 2.05) is 6.07 Å². The van der Waals surface area contributed by atoms with E-state index >= 15 is 0 Å². The minimum absolute atomic E-state index is 0.375. The second-order valence-electron chi connectivity index (χ2n) is 8.02. The third-order valence-corrected chi connectivity index (χ3v) is 7.61. The summed E-state index contributed by atoms with van der Waals surface area (Å²) in [4.78, 5) is 0.375. The molecule has 31 heavy (non-hydrogen) atoms. The van der Waals surface area contributed by atoms with Gasteiger partial charge in [-0.3, -0.25) is 0 Å². The van der Waals surface area contributed by atoms with E-state index in [2.05, 4.69) is 48.6 Å². The molecule has 0 N–H and O–H groups in total. The topological polar surface area (TPSA) is 34.1 Å². The molecule has 0 saturated heterocycles. The van der Waals surface area contributed by atoms with Crippen molar-refractivity contribution in [2.45, 2.75) is 30.6 Å². The molecular formula is C28H24O2S. The van der Waals surface area contributed by atoms with Crippen LogP contribution in [-0.4, -0.2) is 8.42 Å². The highest BCUT2D eigenvalue weighted by Crippen LogP contribution is 2.21. The van der Waals surface area contributed by atoms with Crippen molar-refractivity contribution in [2.75, 3.05) is 0 Å². The normalized spacial score (nSPS) is 16.6. The Hall–Kier alpha value is -3.17. The first-order chi connectivity index (χ1) is 15.1. The molecule has 0 fully saturated rings. The first kappa shape index (κ1) is 19.8. The molecule has 2 aliphatic carbocycles. The number of hydrogen-bond acceptors (Lipinski definition) is 2. The van der Waals surface area contributed by atoms with Crippen LogP contribution >= 0.6 is 0 Å². The highest BCUT2D eigenvalue weighted by atomic mass is 32.2. The van der Waals surface area contributed by atoms with Gasteiger partial charge < -0.3 is 0 Å². The van der Waals surface area contributed by atoms with E-state index in [4.69, 9.17) is 0 Å². The number of fused-ring (bicyclic) bond motifs is 5. The van der Waals surface area contributed by atoms with E-state index < -0.39 is 9.84 Å². The van der Waals surface area contributed by atoms with Crippen LogP contribution in [0.4, 0.5) is 0 Å². The summed E-state index contributed by atoms with van der Waals surface area (Å²) >= 11 is 0. The number of rotatable bonds is 0. The summed E-state index contributed by atoms with van der Waals surface area (Å²) in [5.41, 5.74) is 3.92. The molecule has 0 spiro atoms. The quantitative estimate of drug-likeness (QED) is 0.535. The largest absolute Gasteiger partial charge is 0.219 e. The zero-order chi connectivity index (χ0) is 21.3. The summed E-state index contributed by atoms with van der Waals surface area (Å²) in [5.74, 6) is 0. The smallest absolute Gasteiger partial charge is 0.200 e. The Kier molecular flexibility index (Phi) is 5.21. The zero-order valence-electron chi connectivity index (χ0n) is 17.3. The predicted octanol–water partition coefficient (Wildman–Crippen LogP) is 4.43. The van der Waals surface area contributed by atoms with Crippen molar-refractivity contribution in [2.24, 2.45) is 0 Å². The molecule has 0 amide bonds. The lowest BCUT2D eigenvalue weighted by Crippen LogP contribution is -2.19. The SMILES string of the molecule is C1=c2ccc3c(c2CCC1)CC=c1ccccc1=3.O=S1(=O)C=CC=Cc2ccccc21. The van der Waals surface area contributed by atoms with E-state index in [1.165, 1.54) is 51.6 Å². The Morgan fingerprint density at radius 1 is 0.710 bits per heavy atom. The first-order valence-electron chi connectivity index (χ1n) is 10.7. The van der Waals surface area contributed by atoms with Gasteiger partial charge in [-0.15, -0.1) is 0 Å². The van der Waals surface area contributed by atoms with Gasteiger partial charge in [-0.25, -0.2) is 8.42 Å². The molecule has 6 rings (SSSR count). The van der Waals surface area contributed by atoms with Gasteiger partial charge in [-0.1, -0.05) is 85.0 Å².